The summed E-state index contributed by atoms with van der Waals surface area (Å²) < 4.78 is 67.3. The smallest absolute Gasteiger partial charge is 0.322 e. The van der Waals surface area contributed by atoms with Crippen molar-refractivity contribution in [3.63, 3.8) is 0 Å². The second-order valence-electron chi connectivity index (χ2n) is 31.8. The molecule has 4 bridgehead atoms. The number of hydrogen-bond donors (Lipinski definition) is 6. The van der Waals surface area contributed by atoms with Crippen molar-refractivity contribution in [3.8, 4) is 45.3 Å². The number of aromatic nitrogens is 4. The first-order chi connectivity index (χ1) is 61.3. The van der Waals surface area contributed by atoms with Gasteiger partial charge in [0.15, 0.2) is 5.78 Å². The van der Waals surface area contributed by atoms with Crippen LogP contribution in [-0.2, 0) is 105 Å². The number of nitrogens with zero attached hydrogens (tertiary/aromatic N) is 8. The maximum Gasteiger partial charge on any atom is 0.322 e. The van der Waals surface area contributed by atoms with E-state index in [0.717, 1.165) is 54.0 Å². The van der Waals surface area contributed by atoms with E-state index in [0.29, 0.717) is 125 Å². The minimum atomic E-state index is -1.35. The number of aliphatic carboxylic acids is 1. The molecule has 4 aromatic carbocycles. The molecule has 0 atom stereocenters. The van der Waals surface area contributed by atoms with Gasteiger partial charge in [0, 0.05) is 145 Å². The number of piperidine rings is 2. The number of halogens is 1. The van der Waals surface area contributed by atoms with Crippen LogP contribution in [0.15, 0.2) is 107 Å². The number of carboxylic acids is 1. The van der Waals surface area contributed by atoms with E-state index in [4.69, 9.17) is 50.1 Å². The number of likely N-dealkylation sites (N-methyl/N-ethyl adjacent to an activating group) is 2. The fraction of sp³-hybridized carbons (Fsp3) is 0.444. The molecule has 7 N–H and O–H groups in total. The Hall–Kier alpha value is -12.7. The first kappa shape index (κ1) is 93.5. The zero-order chi connectivity index (χ0) is 92.6. The molecule has 4 aromatic heterocycles. The maximum atomic E-state index is 13.5. The molecule has 4 saturated carbocycles. The lowest BCUT2D eigenvalue weighted by molar-refractivity contribution is -0.158. The normalized spacial score (nSPS) is 17.7. The molecule has 4 aliphatic carbocycles. The lowest BCUT2D eigenvalue weighted by atomic mass is 9.57. The SMILES string of the molecule is COc1cc(-c2cn(C)c(=O)c3c2ccn3C)cc(OC)c1CN(C)CC(=O)CCCOCCOCCNC(=O)CCc1cccc2c1C(=O)N(C13CC(C1)C(=O)NC3=O)C2=O.COc1cc(-c2cn(C)c(=O)c3c2ccn3C)cc(OC)c1CN(C)CC(=O)NCCOCCOCCN.O=C(O)CNc1cccc2c1C(=O)N(C13CC(C1)C(=O)CC3=O)C2=O.[2H]CF. The number of Topliss-reactive ketones (excluding diaryl/α,β-unsaturated/α-hetero) is 3. The van der Waals surface area contributed by atoms with E-state index in [1.165, 1.54) is 18.2 Å². The van der Waals surface area contributed by atoms with E-state index < -0.39 is 72.0 Å². The first-order valence-corrected chi connectivity index (χ1v) is 41.3. The number of imide groups is 3. The predicted molar refractivity (Wildman–Crippen MR) is 463 cm³/mol. The number of carboxylic acid groups (broad SMARTS) is 1. The summed E-state index contributed by atoms with van der Waals surface area (Å²) in [4.78, 5) is 181. The van der Waals surface area contributed by atoms with Gasteiger partial charge in [-0.1, -0.05) is 18.2 Å². The van der Waals surface area contributed by atoms with Crippen molar-refractivity contribution in [1.29, 1.82) is 0 Å². The Morgan fingerprint density at radius 3 is 1.53 bits per heavy atom. The highest BCUT2D eigenvalue weighted by Crippen LogP contribution is 2.53. The van der Waals surface area contributed by atoms with Crippen molar-refractivity contribution >= 4 is 98.1 Å². The summed E-state index contributed by atoms with van der Waals surface area (Å²) in [5, 5.41) is 21.0. The average Bonchev–Trinajstić information content (AvgIpc) is 1.48. The minimum absolute atomic E-state index is 0.0604. The molecule has 8 aliphatic rings. The lowest BCUT2D eigenvalue weighted by Crippen LogP contribution is -2.74. The van der Waals surface area contributed by atoms with Gasteiger partial charge in [-0.25, -0.2) is 0 Å². The van der Waals surface area contributed by atoms with Gasteiger partial charge < -0.3 is 83.0 Å². The molecule has 8 heterocycles. The van der Waals surface area contributed by atoms with Crippen molar-refractivity contribution < 1.29 is 106 Å². The molecule has 127 heavy (non-hydrogen) atoms. The van der Waals surface area contributed by atoms with Gasteiger partial charge in [0.1, 0.15) is 63.2 Å². The van der Waals surface area contributed by atoms with Gasteiger partial charge >= 0.3 is 5.97 Å². The van der Waals surface area contributed by atoms with Crippen molar-refractivity contribution in [2.75, 3.05) is 147 Å². The fourth-order valence-corrected chi connectivity index (χ4v) is 17.0. The van der Waals surface area contributed by atoms with Crippen molar-refractivity contribution in [1.82, 2.24) is 53.8 Å². The molecule has 2 saturated heterocycles. The Labute approximate surface area is 732 Å². The number of aryl methyl sites for hydroxylation is 5. The molecule has 0 spiro atoms. The Morgan fingerprint density at radius 2 is 1.03 bits per heavy atom. The molecule has 4 aliphatic heterocycles. The van der Waals surface area contributed by atoms with E-state index in [-0.39, 0.29) is 145 Å². The van der Waals surface area contributed by atoms with Crippen LogP contribution in [0.3, 0.4) is 0 Å². The molecule has 36 nitrogen and oxygen atoms in total. The Kier molecular flexibility index (Phi) is 31.0. The highest BCUT2D eigenvalue weighted by atomic mass is 19.1. The number of carbonyl (C=O) groups is 12. The van der Waals surface area contributed by atoms with Crippen molar-refractivity contribution in [2.24, 2.45) is 45.8 Å². The summed E-state index contributed by atoms with van der Waals surface area (Å²) >= 11 is 0. The molecule has 678 valence electrons. The zero-order valence-corrected chi connectivity index (χ0v) is 72.7. The highest BCUT2D eigenvalue weighted by molar-refractivity contribution is 6.28. The van der Waals surface area contributed by atoms with Crippen LogP contribution in [0.4, 0.5) is 10.1 Å². The number of nitrogens with two attached hydrogens (primary N) is 1. The number of rotatable bonds is 40. The first-order valence-electron chi connectivity index (χ1n) is 42.0. The van der Waals surface area contributed by atoms with Gasteiger partial charge in [0.25, 0.3) is 40.7 Å². The third-order valence-electron chi connectivity index (χ3n) is 23.4. The standard InChI is InChI=1S/C45H52N6O11.C27H39N5O6.C17H14N2O6.CH3F/c1-48(25-34-35(59-4)20-28(21-36(34)60-5)33-26-50(3)43(57)39-31(33)13-15-49(39)2)24-30(52)9-7-16-61-18-19-62-17-14-46-37(53)12-11-27-8-6-10-32-38(27)42(56)51(41(32)55)45-22-29(23-45)40(54)47-44(45)58;1-30(18-25(33)29-8-11-38-13-12-37-10-7-28)16-22-23(35-4)14-19(15-24(22)36-5)21-17-32(3)27(34)26-20(21)6-9-31(26)2;20-11-4-12(21)17(5-8(11)6-17)19-15(24)9-2-1-3-10(14(9)16(19)25)18-7-13(22)23;1-2/h6,8,10,13,15,20-21,26,29H,7,9,11-12,14,16-19,22-25H2,1-5H3,(H,46,53)(H,47,54,58);6,9,14-15,17H,7-8,10-13,16,18,28H2,1-5H3,(H,29,33);1-3,8,18H,4-7H2,(H,22,23);1H3/i;;;1D. The molecule has 0 radical (unpaired) electrons. The van der Waals surface area contributed by atoms with E-state index in [1.54, 1.807) is 69.9 Å². The Morgan fingerprint density at radius 1 is 0.567 bits per heavy atom. The summed E-state index contributed by atoms with van der Waals surface area (Å²) in [6.07, 6.45) is 8.95. The van der Waals surface area contributed by atoms with Crippen LogP contribution < -0.4 is 57.1 Å². The number of methoxy groups -OCH3 is 4. The van der Waals surface area contributed by atoms with E-state index in [1.807, 2.05) is 108 Å². The molecule has 0 unspecified atom stereocenters. The van der Waals surface area contributed by atoms with Crippen molar-refractivity contribution in [3.05, 3.63) is 157 Å². The van der Waals surface area contributed by atoms with Crippen LogP contribution in [-0.4, -0.2) is 266 Å². The molecular weight excluding hydrogens is 1650 g/mol. The van der Waals surface area contributed by atoms with Crippen LogP contribution in [0.2, 0.25) is 0 Å². The summed E-state index contributed by atoms with van der Waals surface area (Å²) in [7, 11) is 16.3. The minimum Gasteiger partial charge on any atom is -0.496 e. The number of alkyl halides is 1. The van der Waals surface area contributed by atoms with E-state index in [2.05, 4.69) is 21.3 Å². The van der Waals surface area contributed by atoms with Crippen LogP contribution in [0.1, 0.15) is 111 Å². The van der Waals surface area contributed by atoms with Crippen molar-refractivity contribution in [2.45, 2.75) is 82.0 Å². The van der Waals surface area contributed by atoms with Gasteiger partial charge in [-0.3, -0.25) is 96.4 Å². The molecule has 37 heteroatoms. The number of hydrogen-bond acceptors (Lipinski definition) is 26. The van der Waals surface area contributed by atoms with E-state index >= 15 is 0 Å². The monoisotopic (exact) mass is 1760 g/mol. The van der Waals surface area contributed by atoms with Crippen LogP contribution in [0.25, 0.3) is 44.1 Å². The summed E-state index contributed by atoms with van der Waals surface area (Å²) in [6.45, 7) is 5.17. The highest BCUT2D eigenvalue weighted by Gasteiger charge is 2.66. The van der Waals surface area contributed by atoms with Gasteiger partial charge in [-0.15, -0.1) is 0 Å². The number of pyridine rings is 2. The van der Waals surface area contributed by atoms with Gasteiger partial charge in [-0.05, 0) is 124 Å². The van der Waals surface area contributed by atoms with Crippen LogP contribution in [0, 0.1) is 11.8 Å². The number of anilines is 1. The third-order valence-corrected chi connectivity index (χ3v) is 23.4. The maximum absolute atomic E-state index is 13.5. The summed E-state index contributed by atoms with van der Waals surface area (Å²) in [5.41, 5.74) is 10.4. The van der Waals surface area contributed by atoms with E-state index in [9.17, 15) is 71.5 Å². The molecule has 8 aromatic rings. The number of nitrogens with one attached hydrogen (secondary N) is 4. The second kappa shape index (κ2) is 42.1. The summed E-state index contributed by atoms with van der Waals surface area (Å²) in [6, 6.07) is 21.0. The third kappa shape index (κ3) is 20.4. The number of amides is 8. The fourth-order valence-electron chi connectivity index (χ4n) is 17.0. The molecule has 16 rings (SSSR count). The topological polar surface area (TPSA) is 440 Å². The van der Waals surface area contributed by atoms with Crippen LogP contribution >= 0.6 is 0 Å². The van der Waals surface area contributed by atoms with Gasteiger partial charge in [0.2, 0.25) is 17.7 Å². The lowest BCUT2D eigenvalue weighted by Gasteiger charge is -2.53. The Bertz CT molecular complexity index is 5660. The largest absolute Gasteiger partial charge is 0.496 e. The second-order valence-corrected chi connectivity index (χ2v) is 31.8. The average molecular weight is 1760 g/mol. The number of fused-ring (bicyclic) bond motifs is 8. The number of ether oxygens (including phenoxy) is 8. The molecular formula is C90H108FN13O23. The van der Waals surface area contributed by atoms with Gasteiger partial charge in [-0.2, -0.15) is 0 Å². The zero-order valence-electron chi connectivity index (χ0n) is 73.7. The molecule has 6 fully saturated rings. The Balaban J connectivity index is 0.000000203. The number of ketones is 3. The summed E-state index contributed by atoms with van der Waals surface area (Å²) in [5.74, 6) is -3.44. The molecule has 8 amide bonds. The van der Waals surface area contributed by atoms with Gasteiger partial charge in [0.05, 0.1) is 136 Å². The number of benzene rings is 4. The van der Waals surface area contributed by atoms with Crippen LogP contribution in [0.5, 0.6) is 23.0 Å². The quantitative estimate of drug-likeness (QED) is 0.0172. The number of carbonyl (C=O) groups excluding carboxylic acids is 11. The predicted octanol–water partition coefficient (Wildman–Crippen LogP) is 4.68.